The number of halogens is 3. The number of alkyl halides is 3. The molecule has 0 radical (unpaired) electrons. The standard InChI is InChI=1S/C25H18F3N7O4/c1-37-20-4-2-3-16(13-20)21-23(34-39-33-21)31-24(36)30-17-7-5-15(6-8-17)22-29-14-35(32-22)18-9-11-19(12-10-18)38-25(26,27)28/h2-14H,1H3,(H2,30,31,34,36). The number of nitrogens with zero attached hydrogens (tertiary/aromatic N) is 5. The van der Waals surface area contributed by atoms with E-state index in [-0.39, 0.29) is 11.6 Å². The van der Waals surface area contributed by atoms with Gasteiger partial charge in [-0.25, -0.2) is 19.1 Å². The molecule has 2 heterocycles. The normalized spacial score (nSPS) is 11.2. The van der Waals surface area contributed by atoms with Gasteiger partial charge in [-0.3, -0.25) is 5.32 Å². The fourth-order valence-corrected chi connectivity index (χ4v) is 3.52. The summed E-state index contributed by atoms with van der Waals surface area (Å²) < 4.78 is 52.4. The Bertz CT molecular complexity index is 1580. The van der Waals surface area contributed by atoms with Gasteiger partial charge < -0.3 is 14.8 Å². The van der Waals surface area contributed by atoms with Crippen molar-refractivity contribution in [3.05, 3.63) is 79.1 Å². The molecule has 2 N–H and O–H groups in total. The molecule has 2 amide bonds. The molecule has 5 rings (SSSR count). The molecule has 0 spiro atoms. The molecule has 0 atom stereocenters. The molecule has 11 nitrogen and oxygen atoms in total. The van der Waals surface area contributed by atoms with E-state index in [1.165, 1.54) is 35.3 Å². The number of amides is 2. The number of carbonyl (C=O) groups excluding carboxylic acids is 1. The van der Waals surface area contributed by atoms with E-state index in [0.717, 1.165) is 0 Å². The fraction of sp³-hybridized carbons (Fsp3) is 0.0800. The molecule has 2 aromatic heterocycles. The van der Waals surface area contributed by atoms with E-state index in [0.29, 0.717) is 39.8 Å². The van der Waals surface area contributed by atoms with Gasteiger partial charge in [0.2, 0.25) is 5.82 Å². The van der Waals surface area contributed by atoms with E-state index in [9.17, 15) is 18.0 Å². The van der Waals surface area contributed by atoms with Crippen molar-refractivity contribution in [1.29, 1.82) is 0 Å². The van der Waals surface area contributed by atoms with Crippen LogP contribution in [0.25, 0.3) is 28.3 Å². The Balaban J connectivity index is 1.22. The van der Waals surface area contributed by atoms with Crippen LogP contribution in [0.3, 0.4) is 0 Å². The summed E-state index contributed by atoms with van der Waals surface area (Å²) in [7, 11) is 1.54. The first-order valence-corrected chi connectivity index (χ1v) is 11.2. The van der Waals surface area contributed by atoms with Crippen LogP contribution in [0, 0.1) is 0 Å². The molecule has 39 heavy (non-hydrogen) atoms. The van der Waals surface area contributed by atoms with E-state index in [4.69, 9.17) is 9.37 Å². The van der Waals surface area contributed by atoms with Crippen molar-refractivity contribution in [3.8, 4) is 39.8 Å². The number of rotatable bonds is 7. The number of methoxy groups -OCH3 is 1. The number of urea groups is 1. The Morgan fingerprint density at radius 1 is 0.923 bits per heavy atom. The van der Waals surface area contributed by atoms with Gasteiger partial charge in [-0.2, -0.15) is 0 Å². The van der Waals surface area contributed by atoms with Gasteiger partial charge in [0.05, 0.1) is 12.8 Å². The maximum Gasteiger partial charge on any atom is 0.573 e. The monoisotopic (exact) mass is 537 g/mol. The molecule has 0 aliphatic carbocycles. The molecule has 5 aromatic rings. The van der Waals surface area contributed by atoms with Crippen LogP contribution in [-0.2, 0) is 0 Å². The van der Waals surface area contributed by atoms with E-state index in [1.807, 2.05) is 0 Å². The number of benzene rings is 3. The Kier molecular flexibility index (Phi) is 6.82. The summed E-state index contributed by atoms with van der Waals surface area (Å²) in [5.41, 5.74) is 2.61. The molecule has 198 valence electrons. The van der Waals surface area contributed by atoms with Gasteiger partial charge in [0.15, 0.2) is 11.5 Å². The number of anilines is 2. The van der Waals surface area contributed by atoms with E-state index in [2.05, 4.69) is 35.8 Å². The minimum absolute atomic E-state index is 0.130. The van der Waals surface area contributed by atoms with Crippen molar-refractivity contribution >= 4 is 17.5 Å². The number of nitrogens with one attached hydrogen (secondary N) is 2. The Morgan fingerprint density at radius 3 is 2.41 bits per heavy atom. The van der Waals surface area contributed by atoms with Crippen molar-refractivity contribution in [2.45, 2.75) is 6.36 Å². The lowest BCUT2D eigenvalue weighted by Crippen LogP contribution is -2.20. The SMILES string of the molecule is COc1cccc(-c2nonc2NC(=O)Nc2ccc(-c3ncn(-c4ccc(OC(F)(F)F)cc4)n3)cc2)c1. The molecule has 0 aliphatic heterocycles. The highest BCUT2D eigenvalue weighted by molar-refractivity contribution is 6.01. The largest absolute Gasteiger partial charge is 0.573 e. The molecule has 0 saturated heterocycles. The minimum Gasteiger partial charge on any atom is -0.497 e. The smallest absolute Gasteiger partial charge is 0.497 e. The second-order valence-corrected chi connectivity index (χ2v) is 7.90. The van der Waals surface area contributed by atoms with Gasteiger partial charge in [0, 0.05) is 16.8 Å². The maximum absolute atomic E-state index is 12.5. The average Bonchev–Trinajstić information content (AvgIpc) is 3.59. The van der Waals surface area contributed by atoms with Crippen LogP contribution < -0.4 is 20.1 Å². The predicted octanol–water partition coefficient (Wildman–Crippen LogP) is 5.54. The molecule has 0 unspecified atom stereocenters. The third-order valence-corrected chi connectivity index (χ3v) is 5.29. The van der Waals surface area contributed by atoms with Crippen molar-refractivity contribution in [2.24, 2.45) is 0 Å². The summed E-state index contributed by atoms with van der Waals surface area (Å²) in [4.78, 5) is 16.8. The lowest BCUT2D eigenvalue weighted by atomic mass is 10.1. The number of aromatic nitrogens is 5. The zero-order chi connectivity index (χ0) is 27.4. The van der Waals surface area contributed by atoms with Crippen LogP contribution in [0.15, 0.2) is 83.8 Å². The molecule has 0 saturated carbocycles. The first kappa shape index (κ1) is 25.3. The molecule has 0 bridgehead atoms. The van der Waals surface area contributed by atoms with E-state index in [1.54, 1.807) is 55.6 Å². The zero-order valence-corrected chi connectivity index (χ0v) is 20.0. The first-order chi connectivity index (χ1) is 18.8. The molecule has 3 aromatic carbocycles. The summed E-state index contributed by atoms with van der Waals surface area (Å²) >= 11 is 0. The van der Waals surface area contributed by atoms with Crippen LogP contribution in [0.5, 0.6) is 11.5 Å². The third kappa shape index (κ3) is 6.12. The van der Waals surface area contributed by atoms with Gasteiger partial charge in [-0.1, -0.05) is 12.1 Å². The van der Waals surface area contributed by atoms with Crippen LogP contribution in [0.1, 0.15) is 0 Å². The van der Waals surface area contributed by atoms with Gasteiger partial charge in [0.25, 0.3) is 0 Å². The predicted molar refractivity (Wildman–Crippen MR) is 132 cm³/mol. The summed E-state index contributed by atoms with van der Waals surface area (Å²) in [6.45, 7) is 0. The van der Waals surface area contributed by atoms with Crippen LogP contribution in [-0.4, -0.2) is 44.6 Å². The van der Waals surface area contributed by atoms with Gasteiger partial charge in [0.1, 0.15) is 17.8 Å². The molecular weight excluding hydrogens is 519 g/mol. The lowest BCUT2D eigenvalue weighted by molar-refractivity contribution is -0.274. The maximum atomic E-state index is 12.5. The number of hydrogen-bond acceptors (Lipinski definition) is 8. The summed E-state index contributed by atoms with van der Waals surface area (Å²) in [5.74, 6) is 0.775. The topological polar surface area (TPSA) is 129 Å². The molecule has 0 aliphatic rings. The van der Waals surface area contributed by atoms with Crippen molar-refractivity contribution in [2.75, 3.05) is 17.7 Å². The average molecular weight is 537 g/mol. The Hall–Kier alpha value is -5.40. The molecule has 0 fully saturated rings. The highest BCUT2D eigenvalue weighted by Crippen LogP contribution is 2.28. The Labute approximate surface area is 218 Å². The lowest BCUT2D eigenvalue weighted by Gasteiger charge is -2.09. The fourth-order valence-electron chi connectivity index (χ4n) is 3.52. The number of hydrogen-bond donors (Lipinski definition) is 2. The number of carbonyl (C=O) groups is 1. The highest BCUT2D eigenvalue weighted by atomic mass is 19.4. The van der Waals surface area contributed by atoms with Gasteiger partial charge in [-0.05, 0) is 71.0 Å². The van der Waals surface area contributed by atoms with Gasteiger partial charge >= 0.3 is 12.4 Å². The first-order valence-electron chi connectivity index (χ1n) is 11.2. The highest BCUT2D eigenvalue weighted by Gasteiger charge is 2.31. The van der Waals surface area contributed by atoms with Crippen LogP contribution in [0.4, 0.5) is 29.5 Å². The minimum atomic E-state index is -4.77. The van der Waals surface area contributed by atoms with Crippen molar-refractivity contribution in [3.63, 3.8) is 0 Å². The van der Waals surface area contributed by atoms with Crippen LogP contribution in [0.2, 0.25) is 0 Å². The zero-order valence-electron chi connectivity index (χ0n) is 20.0. The van der Waals surface area contributed by atoms with Gasteiger partial charge in [-0.15, -0.1) is 18.3 Å². The quantitative estimate of drug-likeness (QED) is 0.277. The summed E-state index contributed by atoms with van der Waals surface area (Å²) in [5, 5.41) is 17.3. The molecular formula is C25H18F3N7O4. The Morgan fingerprint density at radius 2 is 1.69 bits per heavy atom. The molecule has 14 heteroatoms. The second kappa shape index (κ2) is 10.5. The van der Waals surface area contributed by atoms with E-state index >= 15 is 0 Å². The van der Waals surface area contributed by atoms with Crippen LogP contribution >= 0.6 is 0 Å². The third-order valence-electron chi connectivity index (χ3n) is 5.29. The van der Waals surface area contributed by atoms with Crippen molar-refractivity contribution in [1.82, 2.24) is 25.1 Å². The second-order valence-electron chi connectivity index (χ2n) is 7.90. The summed E-state index contributed by atoms with van der Waals surface area (Å²) in [6, 6.07) is 18.4. The number of ether oxygens (including phenoxy) is 2. The summed E-state index contributed by atoms with van der Waals surface area (Å²) in [6.07, 6.45) is -3.34. The van der Waals surface area contributed by atoms with Crippen molar-refractivity contribution < 1.29 is 32.1 Å². The van der Waals surface area contributed by atoms with E-state index < -0.39 is 12.4 Å².